The highest BCUT2D eigenvalue weighted by atomic mass is 32.1. The highest BCUT2D eigenvalue weighted by Crippen LogP contribution is 2.26. The normalized spacial score (nSPS) is 19.5. The Hall–Kier alpha value is -3.21. The third-order valence-corrected chi connectivity index (χ3v) is 6.70. The maximum atomic E-state index is 13.0. The second-order valence-corrected chi connectivity index (χ2v) is 9.01. The number of aromatic nitrogens is 2. The van der Waals surface area contributed by atoms with E-state index in [0.29, 0.717) is 16.0 Å². The van der Waals surface area contributed by atoms with Crippen LogP contribution in [0.4, 0.5) is 0 Å². The minimum Gasteiger partial charge on any atom is -0.379 e. The van der Waals surface area contributed by atoms with E-state index in [-0.39, 0.29) is 24.4 Å². The van der Waals surface area contributed by atoms with Gasteiger partial charge in [-0.1, -0.05) is 24.3 Å². The number of fused-ring (bicyclic) bond motifs is 1. The molecule has 0 spiro atoms. The van der Waals surface area contributed by atoms with Crippen LogP contribution in [-0.4, -0.2) is 64.9 Å². The number of carbonyl (C=O) groups excluding carboxylic acids is 3. The summed E-state index contributed by atoms with van der Waals surface area (Å²) in [6.07, 6.45) is 0.462. The van der Waals surface area contributed by atoms with Crippen LogP contribution in [0.5, 0.6) is 0 Å². The van der Waals surface area contributed by atoms with Crippen LogP contribution in [0.15, 0.2) is 35.7 Å². The molecule has 1 atom stereocenters. The third-order valence-electron chi connectivity index (χ3n) is 5.79. The summed E-state index contributed by atoms with van der Waals surface area (Å²) in [4.78, 5) is 48.0. The number of nitrogens with one attached hydrogen (secondary N) is 2. The van der Waals surface area contributed by atoms with Gasteiger partial charge in [-0.2, -0.15) is 0 Å². The van der Waals surface area contributed by atoms with Gasteiger partial charge in [-0.25, -0.2) is 9.97 Å². The van der Waals surface area contributed by atoms with Crippen molar-refractivity contribution in [3.63, 3.8) is 0 Å². The lowest BCUT2D eigenvalue weighted by Crippen LogP contribution is -2.52. The van der Waals surface area contributed by atoms with E-state index in [9.17, 15) is 14.4 Å². The Morgan fingerprint density at radius 3 is 2.70 bits per heavy atom. The molecular weight excluding hydrogens is 442 g/mol. The Labute approximate surface area is 194 Å². The van der Waals surface area contributed by atoms with E-state index in [1.54, 1.807) is 0 Å². The Kier molecular flexibility index (Phi) is 6.12. The SMILES string of the molecule is O=C1CCC(NC(=O)c2nc(-c3ccc(CN4CCOCC4)cc3)nc3ccsc23)C(=O)N1. The van der Waals surface area contributed by atoms with Crippen molar-refractivity contribution in [3.05, 3.63) is 47.0 Å². The molecule has 0 saturated carbocycles. The number of carbonyl (C=O) groups is 3. The van der Waals surface area contributed by atoms with Crippen LogP contribution in [0, 0.1) is 0 Å². The molecular formula is C23H23N5O4S. The summed E-state index contributed by atoms with van der Waals surface area (Å²) in [6, 6.07) is 9.12. The number of rotatable bonds is 5. The Morgan fingerprint density at radius 2 is 1.94 bits per heavy atom. The Morgan fingerprint density at radius 1 is 1.15 bits per heavy atom. The molecule has 1 aromatic carbocycles. The molecule has 0 radical (unpaired) electrons. The quantitative estimate of drug-likeness (QED) is 0.552. The predicted molar refractivity (Wildman–Crippen MR) is 123 cm³/mol. The van der Waals surface area contributed by atoms with Crippen molar-refractivity contribution in [2.24, 2.45) is 0 Å². The number of piperidine rings is 1. The Balaban J connectivity index is 1.37. The van der Waals surface area contributed by atoms with Gasteiger partial charge in [0.1, 0.15) is 11.7 Å². The lowest BCUT2D eigenvalue weighted by atomic mass is 10.1. The highest BCUT2D eigenvalue weighted by Gasteiger charge is 2.29. The lowest BCUT2D eigenvalue weighted by Gasteiger charge is -2.26. The molecule has 170 valence electrons. The van der Waals surface area contributed by atoms with Crippen LogP contribution in [-0.2, 0) is 20.9 Å². The van der Waals surface area contributed by atoms with Gasteiger partial charge in [-0.3, -0.25) is 24.6 Å². The fraction of sp³-hybridized carbons (Fsp3) is 0.348. The van der Waals surface area contributed by atoms with E-state index in [2.05, 4.69) is 37.6 Å². The van der Waals surface area contributed by atoms with Crippen LogP contribution >= 0.6 is 11.3 Å². The van der Waals surface area contributed by atoms with Crippen molar-refractivity contribution in [2.75, 3.05) is 26.3 Å². The first kappa shape index (κ1) is 21.6. The number of morpholine rings is 1. The van der Waals surface area contributed by atoms with E-state index in [1.807, 2.05) is 23.6 Å². The van der Waals surface area contributed by atoms with Crippen LogP contribution in [0.3, 0.4) is 0 Å². The molecule has 2 aliphatic rings. The number of nitrogens with zero attached hydrogens (tertiary/aromatic N) is 3. The van der Waals surface area contributed by atoms with Gasteiger partial charge in [0.05, 0.1) is 23.4 Å². The first-order valence-electron chi connectivity index (χ1n) is 10.9. The molecule has 0 bridgehead atoms. The van der Waals surface area contributed by atoms with Gasteiger partial charge in [0.2, 0.25) is 11.8 Å². The van der Waals surface area contributed by atoms with Crippen LogP contribution < -0.4 is 10.6 Å². The molecule has 3 amide bonds. The standard InChI is InChI=1S/C23H23N5O4S/c29-18-6-5-17(22(30)26-18)25-23(31)19-20-16(7-12-33-20)24-21(27-19)15-3-1-14(2-4-15)13-28-8-10-32-11-9-28/h1-4,7,12,17H,5-6,8-11,13H2,(H,25,31)(H,26,29,30). The van der Waals surface area contributed by atoms with Crippen LogP contribution in [0.2, 0.25) is 0 Å². The average Bonchev–Trinajstić information content (AvgIpc) is 3.30. The zero-order valence-corrected chi connectivity index (χ0v) is 18.7. The molecule has 2 saturated heterocycles. The topological polar surface area (TPSA) is 114 Å². The van der Waals surface area contributed by atoms with Gasteiger partial charge in [0.25, 0.3) is 5.91 Å². The minimum absolute atomic E-state index is 0.191. The van der Waals surface area contributed by atoms with Crippen LogP contribution in [0.25, 0.3) is 21.6 Å². The van der Waals surface area contributed by atoms with Crippen molar-refractivity contribution in [3.8, 4) is 11.4 Å². The molecule has 2 aromatic heterocycles. The first-order valence-corrected chi connectivity index (χ1v) is 11.7. The second-order valence-electron chi connectivity index (χ2n) is 8.09. The van der Waals surface area contributed by atoms with Crippen molar-refractivity contribution >= 4 is 39.3 Å². The number of hydrogen-bond donors (Lipinski definition) is 2. The monoisotopic (exact) mass is 465 g/mol. The lowest BCUT2D eigenvalue weighted by molar-refractivity contribution is -0.134. The van der Waals surface area contributed by atoms with Gasteiger partial charge in [-0.15, -0.1) is 11.3 Å². The summed E-state index contributed by atoms with van der Waals surface area (Å²) in [7, 11) is 0. The van der Waals surface area contributed by atoms with Crippen molar-refractivity contribution in [1.82, 2.24) is 25.5 Å². The molecule has 3 aromatic rings. The molecule has 4 heterocycles. The zero-order chi connectivity index (χ0) is 22.8. The Bertz CT molecular complexity index is 1200. The van der Waals surface area contributed by atoms with E-state index in [1.165, 1.54) is 16.9 Å². The summed E-state index contributed by atoms with van der Waals surface area (Å²) >= 11 is 1.38. The molecule has 33 heavy (non-hydrogen) atoms. The van der Waals surface area contributed by atoms with Crippen molar-refractivity contribution in [2.45, 2.75) is 25.4 Å². The zero-order valence-electron chi connectivity index (χ0n) is 17.9. The molecule has 1 unspecified atom stereocenters. The van der Waals surface area contributed by atoms with E-state index in [4.69, 9.17) is 4.74 Å². The summed E-state index contributed by atoms with van der Waals surface area (Å²) in [5, 5.41) is 6.83. The molecule has 2 fully saturated rings. The van der Waals surface area contributed by atoms with E-state index in [0.717, 1.165) is 38.4 Å². The maximum absolute atomic E-state index is 13.0. The molecule has 5 rings (SSSR count). The predicted octanol–water partition coefficient (Wildman–Crippen LogP) is 1.73. The molecule has 9 nitrogen and oxygen atoms in total. The summed E-state index contributed by atoms with van der Waals surface area (Å²) < 4.78 is 6.06. The fourth-order valence-electron chi connectivity index (χ4n) is 3.98. The highest BCUT2D eigenvalue weighted by molar-refractivity contribution is 7.17. The maximum Gasteiger partial charge on any atom is 0.272 e. The smallest absolute Gasteiger partial charge is 0.272 e. The van der Waals surface area contributed by atoms with Gasteiger partial charge in [-0.05, 0) is 23.4 Å². The van der Waals surface area contributed by atoms with Gasteiger partial charge >= 0.3 is 0 Å². The van der Waals surface area contributed by atoms with Crippen molar-refractivity contribution in [1.29, 1.82) is 0 Å². The summed E-state index contributed by atoms with van der Waals surface area (Å²) in [6.45, 7) is 4.22. The van der Waals surface area contributed by atoms with Crippen LogP contribution in [0.1, 0.15) is 28.9 Å². The summed E-state index contributed by atoms with van der Waals surface area (Å²) in [5.74, 6) is -0.823. The van der Waals surface area contributed by atoms with Gasteiger partial charge in [0.15, 0.2) is 5.82 Å². The molecule has 0 aliphatic carbocycles. The number of ether oxygens (including phenoxy) is 1. The molecule has 10 heteroatoms. The van der Waals surface area contributed by atoms with Crippen molar-refractivity contribution < 1.29 is 19.1 Å². The number of amides is 3. The summed E-state index contributed by atoms with van der Waals surface area (Å²) in [5.41, 5.74) is 2.90. The average molecular weight is 466 g/mol. The molecule has 2 aliphatic heterocycles. The first-order chi connectivity index (χ1) is 16.1. The third kappa shape index (κ3) is 4.77. The number of imide groups is 1. The number of hydrogen-bond acceptors (Lipinski definition) is 8. The van der Waals surface area contributed by atoms with Gasteiger partial charge < -0.3 is 10.1 Å². The number of benzene rings is 1. The van der Waals surface area contributed by atoms with Gasteiger partial charge in [0, 0.05) is 31.6 Å². The van der Waals surface area contributed by atoms with E-state index >= 15 is 0 Å². The largest absolute Gasteiger partial charge is 0.379 e. The fourth-order valence-corrected chi connectivity index (χ4v) is 4.80. The molecule has 2 N–H and O–H groups in total. The number of thiophene rings is 1. The van der Waals surface area contributed by atoms with E-state index < -0.39 is 17.9 Å². The minimum atomic E-state index is -0.761. The second kappa shape index (κ2) is 9.34.